The van der Waals surface area contributed by atoms with Crippen molar-refractivity contribution < 1.29 is 22.0 Å². The van der Waals surface area contributed by atoms with Crippen LogP contribution in [0.2, 0.25) is 10.0 Å². The van der Waals surface area contributed by atoms with E-state index in [1.807, 2.05) is 20.8 Å². The molecule has 0 bridgehead atoms. The Balaban J connectivity index is 1.95. The molecular weight excluding hydrogens is 591 g/mol. The van der Waals surface area contributed by atoms with E-state index >= 15 is 8.78 Å². The maximum absolute atomic E-state index is 15.7. The summed E-state index contributed by atoms with van der Waals surface area (Å²) in [5, 5.41) is 16.7. The molecule has 1 fully saturated rings. The van der Waals surface area contributed by atoms with Crippen LogP contribution in [0.15, 0.2) is 65.6 Å². The molecule has 1 heterocycles. The molecule has 4 rings (SSSR count). The number of sulfone groups is 1. The van der Waals surface area contributed by atoms with E-state index in [2.05, 4.69) is 16.7 Å². The van der Waals surface area contributed by atoms with Gasteiger partial charge in [-0.05, 0) is 53.8 Å². The topological polar surface area (TPSA) is 99.1 Å². The highest BCUT2D eigenvalue weighted by Gasteiger charge is 2.61. The first-order valence-corrected chi connectivity index (χ1v) is 15.4. The average molecular weight is 621 g/mol. The van der Waals surface area contributed by atoms with E-state index < -0.39 is 56.2 Å². The van der Waals surface area contributed by atoms with Crippen LogP contribution in [0.4, 0.5) is 14.5 Å². The lowest BCUT2D eigenvalue weighted by Gasteiger charge is -2.37. The predicted octanol–water partition coefficient (Wildman–Crippen LogP) is 6.64. The summed E-state index contributed by atoms with van der Waals surface area (Å²) in [6.45, 7) is 5.82. The standard InChI is InChI=1S/C30H29Cl2F2N3O3S/c1-29(2,3)15-24-30(16-35,21-12-11-17(31)13-23(21)33)25(20-9-6-10-22(32)26(20)34)27(37-24)28(38)36-18-7-5-8-19(14-18)41(4,39)40/h5-14,24-25,27,37H,15H2,1-4H3,(H,36,38). The van der Waals surface area contributed by atoms with Crippen LogP contribution in [0.5, 0.6) is 0 Å². The van der Waals surface area contributed by atoms with E-state index in [-0.39, 0.29) is 31.8 Å². The summed E-state index contributed by atoms with van der Waals surface area (Å²) in [6.07, 6.45) is 1.36. The van der Waals surface area contributed by atoms with Crippen molar-refractivity contribution >= 4 is 44.6 Å². The zero-order chi connectivity index (χ0) is 30.3. The lowest BCUT2D eigenvalue weighted by Crippen LogP contribution is -2.45. The summed E-state index contributed by atoms with van der Waals surface area (Å²) in [7, 11) is -3.57. The Morgan fingerprint density at radius 2 is 1.78 bits per heavy atom. The lowest BCUT2D eigenvalue weighted by atomic mass is 9.62. The zero-order valence-corrected chi connectivity index (χ0v) is 25.1. The molecule has 11 heteroatoms. The van der Waals surface area contributed by atoms with Crippen LogP contribution < -0.4 is 10.6 Å². The normalized spacial score (nSPS) is 22.8. The summed E-state index contributed by atoms with van der Waals surface area (Å²) in [6, 6.07) is 14.1. The molecule has 41 heavy (non-hydrogen) atoms. The second-order valence-corrected chi connectivity index (χ2v) is 14.3. The number of hydrogen-bond acceptors (Lipinski definition) is 5. The Bertz CT molecular complexity index is 1650. The summed E-state index contributed by atoms with van der Waals surface area (Å²) >= 11 is 12.2. The number of nitrogens with one attached hydrogen (secondary N) is 2. The van der Waals surface area contributed by atoms with Crippen LogP contribution in [-0.2, 0) is 20.0 Å². The fourth-order valence-corrected chi connectivity index (χ4v) is 6.59. The molecule has 1 amide bonds. The van der Waals surface area contributed by atoms with Gasteiger partial charge < -0.3 is 10.6 Å². The molecule has 3 aromatic rings. The van der Waals surface area contributed by atoms with Gasteiger partial charge in [-0.25, -0.2) is 17.2 Å². The summed E-state index contributed by atoms with van der Waals surface area (Å²) < 4.78 is 55.6. The van der Waals surface area contributed by atoms with Gasteiger partial charge in [0, 0.05) is 34.5 Å². The van der Waals surface area contributed by atoms with Crippen LogP contribution in [0.1, 0.15) is 44.2 Å². The number of amides is 1. The van der Waals surface area contributed by atoms with E-state index in [9.17, 15) is 18.5 Å². The van der Waals surface area contributed by atoms with Crippen molar-refractivity contribution in [1.29, 1.82) is 5.26 Å². The molecule has 216 valence electrons. The molecule has 0 saturated carbocycles. The Kier molecular flexibility index (Phi) is 8.55. The number of carbonyl (C=O) groups excluding carboxylic acids is 1. The van der Waals surface area contributed by atoms with Crippen LogP contribution in [0.3, 0.4) is 0 Å². The van der Waals surface area contributed by atoms with Crippen molar-refractivity contribution in [2.45, 2.75) is 55.5 Å². The summed E-state index contributed by atoms with van der Waals surface area (Å²) in [5.74, 6) is -3.50. The third-order valence-corrected chi connectivity index (χ3v) is 8.90. The molecule has 4 atom stereocenters. The molecular formula is C30H29Cl2F2N3O3S. The van der Waals surface area contributed by atoms with Gasteiger partial charge in [-0.1, -0.05) is 68.2 Å². The largest absolute Gasteiger partial charge is 0.325 e. The number of rotatable bonds is 6. The number of benzene rings is 3. The van der Waals surface area contributed by atoms with Crippen LogP contribution in [0, 0.1) is 28.4 Å². The first kappa shape index (κ1) is 30.9. The van der Waals surface area contributed by atoms with Gasteiger partial charge in [0.1, 0.15) is 17.0 Å². The highest BCUT2D eigenvalue weighted by Crippen LogP contribution is 2.52. The smallest absolute Gasteiger partial charge is 0.242 e. The zero-order valence-electron chi connectivity index (χ0n) is 22.8. The van der Waals surface area contributed by atoms with Crippen molar-refractivity contribution in [2.75, 3.05) is 11.6 Å². The van der Waals surface area contributed by atoms with Crippen LogP contribution in [-0.4, -0.2) is 32.7 Å². The van der Waals surface area contributed by atoms with Gasteiger partial charge in [-0.3, -0.25) is 4.79 Å². The van der Waals surface area contributed by atoms with E-state index in [4.69, 9.17) is 23.2 Å². The van der Waals surface area contributed by atoms with Gasteiger partial charge in [0.15, 0.2) is 9.84 Å². The maximum atomic E-state index is 15.7. The molecule has 1 aliphatic rings. The van der Waals surface area contributed by atoms with Crippen LogP contribution in [0.25, 0.3) is 0 Å². The molecule has 0 spiro atoms. The number of hydrogen-bond donors (Lipinski definition) is 2. The molecule has 1 saturated heterocycles. The van der Waals surface area contributed by atoms with Crippen molar-refractivity contribution in [2.24, 2.45) is 5.41 Å². The minimum atomic E-state index is -3.57. The van der Waals surface area contributed by atoms with Crippen molar-refractivity contribution in [3.8, 4) is 6.07 Å². The quantitative estimate of drug-likeness (QED) is 0.322. The molecule has 2 N–H and O–H groups in total. The number of anilines is 1. The van der Waals surface area contributed by atoms with Crippen molar-refractivity contribution in [3.05, 3.63) is 93.5 Å². The number of nitriles is 1. The van der Waals surface area contributed by atoms with Gasteiger partial charge in [-0.15, -0.1) is 0 Å². The molecule has 0 aliphatic carbocycles. The van der Waals surface area contributed by atoms with Gasteiger partial charge in [0.25, 0.3) is 0 Å². The second-order valence-electron chi connectivity index (χ2n) is 11.5. The fraction of sp³-hybridized carbons (Fsp3) is 0.333. The fourth-order valence-electron chi connectivity index (χ4n) is 5.58. The minimum absolute atomic E-state index is 0.00710. The third-order valence-electron chi connectivity index (χ3n) is 7.26. The maximum Gasteiger partial charge on any atom is 0.242 e. The molecule has 6 nitrogen and oxygen atoms in total. The first-order valence-electron chi connectivity index (χ1n) is 12.8. The monoisotopic (exact) mass is 619 g/mol. The minimum Gasteiger partial charge on any atom is -0.325 e. The molecule has 1 aliphatic heterocycles. The van der Waals surface area contributed by atoms with Crippen molar-refractivity contribution in [1.82, 2.24) is 5.32 Å². The van der Waals surface area contributed by atoms with E-state index in [0.717, 1.165) is 12.3 Å². The molecule has 0 aromatic heterocycles. The number of halogens is 4. The highest BCUT2D eigenvalue weighted by atomic mass is 35.5. The van der Waals surface area contributed by atoms with Gasteiger partial charge in [0.05, 0.1) is 22.0 Å². The Morgan fingerprint density at radius 3 is 2.39 bits per heavy atom. The SMILES string of the molecule is CC(C)(C)CC1NC(C(=O)Nc2cccc(S(C)(=O)=O)c2)C(c2cccc(Cl)c2F)C1(C#N)c1ccc(Cl)cc1F. The Hall–Kier alpha value is -3.03. The number of nitrogens with zero attached hydrogens (tertiary/aromatic N) is 1. The second kappa shape index (κ2) is 11.3. The van der Waals surface area contributed by atoms with Crippen LogP contribution >= 0.6 is 23.2 Å². The van der Waals surface area contributed by atoms with E-state index in [1.165, 1.54) is 54.6 Å². The Labute approximate surface area is 248 Å². The summed E-state index contributed by atoms with van der Waals surface area (Å²) in [4.78, 5) is 13.9. The molecule has 4 unspecified atom stereocenters. The van der Waals surface area contributed by atoms with Crippen molar-refractivity contribution in [3.63, 3.8) is 0 Å². The van der Waals surface area contributed by atoms with E-state index in [0.29, 0.717) is 6.42 Å². The Morgan fingerprint density at radius 1 is 1.10 bits per heavy atom. The third kappa shape index (κ3) is 6.12. The summed E-state index contributed by atoms with van der Waals surface area (Å²) in [5.41, 5.74) is -2.06. The number of carbonyl (C=O) groups is 1. The van der Waals surface area contributed by atoms with Gasteiger partial charge >= 0.3 is 0 Å². The lowest BCUT2D eigenvalue weighted by molar-refractivity contribution is -0.118. The van der Waals surface area contributed by atoms with Gasteiger partial charge in [-0.2, -0.15) is 5.26 Å². The average Bonchev–Trinajstić information content (AvgIpc) is 3.18. The first-order chi connectivity index (χ1) is 19.1. The predicted molar refractivity (Wildman–Crippen MR) is 156 cm³/mol. The van der Waals surface area contributed by atoms with Gasteiger partial charge in [0.2, 0.25) is 5.91 Å². The van der Waals surface area contributed by atoms with E-state index in [1.54, 1.807) is 0 Å². The molecule has 0 radical (unpaired) electrons. The molecule has 3 aromatic carbocycles. The highest BCUT2D eigenvalue weighted by molar-refractivity contribution is 7.90.